The molecule has 1 aliphatic heterocycles. The van der Waals surface area contributed by atoms with Gasteiger partial charge in [0.1, 0.15) is 0 Å². The van der Waals surface area contributed by atoms with Crippen molar-refractivity contribution in [1.82, 2.24) is 15.2 Å². The Kier molecular flexibility index (Phi) is 5.56. The van der Waals surface area contributed by atoms with Crippen LogP contribution in [0.5, 0.6) is 11.5 Å². The highest BCUT2D eigenvalue weighted by Gasteiger charge is 2.25. The third-order valence-corrected chi connectivity index (χ3v) is 4.80. The molecule has 2 aromatic rings. The summed E-state index contributed by atoms with van der Waals surface area (Å²) in [7, 11) is 3.22. The quantitative estimate of drug-likeness (QED) is 0.901. The molecule has 3 rings (SSSR count). The van der Waals surface area contributed by atoms with E-state index in [1.165, 1.54) is 5.56 Å². The topological polar surface area (TPSA) is 46.6 Å². The lowest BCUT2D eigenvalue weighted by molar-refractivity contribution is 0.153. The third kappa shape index (κ3) is 3.48. The molecule has 1 aromatic heterocycles. The maximum Gasteiger partial charge on any atom is 0.179 e. The molecule has 0 aliphatic carbocycles. The number of halogens is 1. The molecular weight excluding hydrogens is 326 g/mol. The first-order valence-corrected chi connectivity index (χ1v) is 8.36. The van der Waals surface area contributed by atoms with Crippen molar-refractivity contribution >= 4 is 11.6 Å². The third-order valence-electron chi connectivity index (χ3n) is 4.38. The second-order valence-electron chi connectivity index (χ2n) is 5.75. The first kappa shape index (κ1) is 17.0. The molecular formula is C18H22ClN3O2. The van der Waals surface area contributed by atoms with Crippen LogP contribution in [0.1, 0.15) is 17.2 Å². The van der Waals surface area contributed by atoms with Gasteiger partial charge in [0.15, 0.2) is 11.5 Å². The van der Waals surface area contributed by atoms with Crippen LogP contribution in [-0.4, -0.2) is 43.7 Å². The fourth-order valence-corrected chi connectivity index (χ4v) is 3.41. The summed E-state index contributed by atoms with van der Waals surface area (Å²) in [6.45, 7) is 3.59. The molecule has 128 valence electrons. The van der Waals surface area contributed by atoms with Crippen molar-refractivity contribution in [3.8, 4) is 11.5 Å². The van der Waals surface area contributed by atoms with Crippen molar-refractivity contribution in [1.29, 1.82) is 0 Å². The molecule has 0 bridgehead atoms. The van der Waals surface area contributed by atoms with Crippen LogP contribution in [0.3, 0.4) is 0 Å². The number of piperazine rings is 1. The van der Waals surface area contributed by atoms with Crippen LogP contribution in [0.15, 0.2) is 36.7 Å². The van der Waals surface area contributed by atoms with Gasteiger partial charge in [0, 0.05) is 44.6 Å². The molecule has 1 fully saturated rings. The van der Waals surface area contributed by atoms with Crippen molar-refractivity contribution in [2.45, 2.75) is 12.6 Å². The molecule has 6 heteroatoms. The smallest absolute Gasteiger partial charge is 0.179 e. The van der Waals surface area contributed by atoms with Crippen LogP contribution < -0.4 is 14.8 Å². The Hall–Kier alpha value is -1.82. The Balaban J connectivity index is 1.86. The molecule has 0 saturated carbocycles. The SMILES string of the molecule is COc1ccc(CN2CCNCC2c2ccncc2)c(Cl)c1OC. The highest BCUT2D eigenvalue weighted by atomic mass is 35.5. The predicted octanol–water partition coefficient (Wildman–Crippen LogP) is 2.90. The number of nitrogens with zero attached hydrogens (tertiary/aromatic N) is 2. The molecule has 1 aliphatic rings. The summed E-state index contributed by atoms with van der Waals surface area (Å²) in [6, 6.07) is 8.35. The maximum absolute atomic E-state index is 6.55. The van der Waals surface area contributed by atoms with Crippen LogP contribution >= 0.6 is 11.6 Å². The van der Waals surface area contributed by atoms with E-state index < -0.39 is 0 Å². The zero-order valence-corrected chi connectivity index (χ0v) is 14.7. The van der Waals surface area contributed by atoms with Gasteiger partial charge in [-0.25, -0.2) is 0 Å². The summed E-state index contributed by atoms with van der Waals surface area (Å²) < 4.78 is 10.7. The lowest BCUT2D eigenvalue weighted by Crippen LogP contribution is -2.45. The van der Waals surface area contributed by atoms with Crippen LogP contribution in [0.2, 0.25) is 5.02 Å². The zero-order chi connectivity index (χ0) is 16.9. The standard InChI is InChI=1S/C18H22ClN3O2/c1-23-16-4-3-14(17(19)18(16)24-2)12-22-10-9-21-11-15(22)13-5-7-20-8-6-13/h3-8,15,21H,9-12H2,1-2H3. The molecule has 0 spiro atoms. The van der Waals surface area contributed by atoms with Gasteiger partial charge in [-0.05, 0) is 29.3 Å². The number of hydrogen-bond acceptors (Lipinski definition) is 5. The highest BCUT2D eigenvalue weighted by Crippen LogP contribution is 2.38. The van der Waals surface area contributed by atoms with E-state index in [1.807, 2.05) is 24.5 Å². The molecule has 1 unspecified atom stereocenters. The molecule has 1 N–H and O–H groups in total. The Morgan fingerprint density at radius 1 is 1.21 bits per heavy atom. The number of ether oxygens (including phenoxy) is 2. The van der Waals surface area contributed by atoms with Gasteiger partial charge < -0.3 is 14.8 Å². The minimum absolute atomic E-state index is 0.297. The fraction of sp³-hybridized carbons (Fsp3) is 0.389. The summed E-state index contributed by atoms with van der Waals surface area (Å²) in [4.78, 5) is 6.54. The van der Waals surface area contributed by atoms with Crippen molar-refractivity contribution in [3.05, 3.63) is 52.8 Å². The normalized spacial score (nSPS) is 18.4. The number of methoxy groups -OCH3 is 2. The summed E-state index contributed by atoms with van der Waals surface area (Å²) in [5.74, 6) is 1.24. The molecule has 0 radical (unpaired) electrons. The molecule has 1 aromatic carbocycles. The lowest BCUT2D eigenvalue weighted by Gasteiger charge is -2.36. The maximum atomic E-state index is 6.55. The average molecular weight is 348 g/mol. The second kappa shape index (κ2) is 7.83. The number of aromatic nitrogens is 1. The first-order valence-electron chi connectivity index (χ1n) is 7.98. The number of benzene rings is 1. The van der Waals surface area contributed by atoms with Gasteiger partial charge >= 0.3 is 0 Å². The molecule has 1 atom stereocenters. The van der Waals surface area contributed by atoms with E-state index >= 15 is 0 Å². The van der Waals surface area contributed by atoms with Gasteiger partial charge in [-0.15, -0.1) is 0 Å². The summed E-state index contributed by atoms with van der Waals surface area (Å²) >= 11 is 6.55. The Morgan fingerprint density at radius 2 is 2.00 bits per heavy atom. The average Bonchev–Trinajstić information content (AvgIpc) is 2.64. The van der Waals surface area contributed by atoms with E-state index in [0.29, 0.717) is 22.6 Å². The van der Waals surface area contributed by atoms with Crippen LogP contribution in [0, 0.1) is 0 Å². The lowest BCUT2D eigenvalue weighted by atomic mass is 10.0. The first-order chi connectivity index (χ1) is 11.7. The highest BCUT2D eigenvalue weighted by molar-refractivity contribution is 6.33. The number of rotatable bonds is 5. The number of nitrogens with one attached hydrogen (secondary N) is 1. The molecule has 5 nitrogen and oxygen atoms in total. The Labute approximate surface area is 147 Å². The Morgan fingerprint density at radius 3 is 2.71 bits per heavy atom. The summed E-state index contributed by atoms with van der Waals surface area (Å²) in [5, 5.41) is 4.08. The van der Waals surface area contributed by atoms with Crippen LogP contribution in [-0.2, 0) is 6.54 Å². The van der Waals surface area contributed by atoms with Gasteiger partial charge in [0.2, 0.25) is 0 Å². The van der Waals surface area contributed by atoms with Crippen molar-refractivity contribution in [2.24, 2.45) is 0 Å². The van der Waals surface area contributed by atoms with Gasteiger partial charge in [-0.1, -0.05) is 17.7 Å². The van der Waals surface area contributed by atoms with Crippen molar-refractivity contribution < 1.29 is 9.47 Å². The van der Waals surface area contributed by atoms with Gasteiger partial charge in [-0.2, -0.15) is 0 Å². The molecule has 0 amide bonds. The van der Waals surface area contributed by atoms with E-state index in [-0.39, 0.29) is 0 Å². The van der Waals surface area contributed by atoms with Gasteiger partial charge in [-0.3, -0.25) is 9.88 Å². The van der Waals surface area contributed by atoms with E-state index in [9.17, 15) is 0 Å². The summed E-state index contributed by atoms with van der Waals surface area (Å²) in [6.07, 6.45) is 3.68. The van der Waals surface area contributed by atoms with Gasteiger partial charge in [0.25, 0.3) is 0 Å². The van der Waals surface area contributed by atoms with Crippen molar-refractivity contribution in [2.75, 3.05) is 33.9 Å². The van der Waals surface area contributed by atoms with E-state index in [4.69, 9.17) is 21.1 Å². The zero-order valence-electron chi connectivity index (χ0n) is 14.0. The largest absolute Gasteiger partial charge is 0.493 e. The minimum atomic E-state index is 0.297. The van der Waals surface area contributed by atoms with E-state index in [1.54, 1.807) is 14.2 Å². The monoisotopic (exact) mass is 347 g/mol. The summed E-state index contributed by atoms with van der Waals surface area (Å²) in [5.41, 5.74) is 2.30. The molecule has 24 heavy (non-hydrogen) atoms. The minimum Gasteiger partial charge on any atom is -0.493 e. The molecule has 1 saturated heterocycles. The van der Waals surface area contributed by atoms with Crippen LogP contribution in [0.4, 0.5) is 0 Å². The van der Waals surface area contributed by atoms with Crippen LogP contribution in [0.25, 0.3) is 0 Å². The number of pyridine rings is 1. The fourth-order valence-electron chi connectivity index (χ4n) is 3.12. The second-order valence-corrected chi connectivity index (χ2v) is 6.12. The predicted molar refractivity (Wildman–Crippen MR) is 94.8 cm³/mol. The molecule has 2 heterocycles. The Bertz CT molecular complexity index is 681. The van der Waals surface area contributed by atoms with Gasteiger partial charge in [0.05, 0.1) is 19.2 Å². The van der Waals surface area contributed by atoms with Crippen molar-refractivity contribution in [3.63, 3.8) is 0 Å². The van der Waals surface area contributed by atoms with E-state index in [0.717, 1.165) is 31.7 Å². The number of hydrogen-bond donors (Lipinski definition) is 1. The van der Waals surface area contributed by atoms with E-state index in [2.05, 4.69) is 27.3 Å².